The number of rotatable bonds is 4. The van der Waals surface area contributed by atoms with E-state index in [0.29, 0.717) is 0 Å². The van der Waals surface area contributed by atoms with E-state index in [1.807, 2.05) is 55.7 Å². The molecule has 2 heterocycles. The van der Waals surface area contributed by atoms with Gasteiger partial charge in [-0.2, -0.15) is 0 Å². The van der Waals surface area contributed by atoms with Crippen LogP contribution in [0.15, 0.2) is 65.4 Å². The lowest BCUT2D eigenvalue weighted by atomic mass is 9.96. The Morgan fingerprint density at radius 3 is 2.38 bits per heavy atom. The standard InChI is InChI=1S/C23H23BrN4O/c1-16-13-20(7-8-21(16)24)27-22(29)18-9-11-28(12-10-18)23-25-14-19(15-26-23)17-5-3-2-4-6-17/h2-8,13-15,18H,9-12H2,1H3,(H,27,29). The summed E-state index contributed by atoms with van der Waals surface area (Å²) in [6, 6.07) is 16.0. The van der Waals surface area contributed by atoms with E-state index in [4.69, 9.17) is 0 Å². The van der Waals surface area contributed by atoms with Gasteiger partial charge in [-0.15, -0.1) is 0 Å². The molecule has 0 spiro atoms. The number of anilines is 2. The summed E-state index contributed by atoms with van der Waals surface area (Å²) in [5, 5.41) is 3.05. The van der Waals surface area contributed by atoms with Crippen molar-refractivity contribution < 1.29 is 4.79 Å². The Balaban J connectivity index is 1.34. The van der Waals surface area contributed by atoms with Crippen molar-refractivity contribution in [3.63, 3.8) is 0 Å². The highest BCUT2D eigenvalue weighted by atomic mass is 79.9. The normalized spacial score (nSPS) is 14.6. The van der Waals surface area contributed by atoms with Gasteiger partial charge in [0.2, 0.25) is 11.9 Å². The second-order valence-corrected chi connectivity index (χ2v) is 8.21. The van der Waals surface area contributed by atoms with Crippen molar-refractivity contribution >= 4 is 33.5 Å². The molecule has 0 bridgehead atoms. The van der Waals surface area contributed by atoms with Crippen LogP contribution in [0.3, 0.4) is 0 Å². The topological polar surface area (TPSA) is 58.1 Å². The number of halogens is 1. The molecule has 6 heteroatoms. The van der Waals surface area contributed by atoms with Gasteiger partial charge in [0, 0.05) is 47.1 Å². The summed E-state index contributed by atoms with van der Waals surface area (Å²) in [5.41, 5.74) is 4.07. The summed E-state index contributed by atoms with van der Waals surface area (Å²) in [6.07, 6.45) is 5.33. The van der Waals surface area contributed by atoms with Crippen molar-refractivity contribution in [1.29, 1.82) is 0 Å². The number of hydrogen-bond donors (Lipinski definition) is 1. The number of piperidine rings is 1. The van der Waals surface area contributed by atoms with Gasteiger partial charge in [-0.05, 0) is 49.1 Å². The van der Waals surface area contributed by atoms with Gasteiger partial charge in [0.05, 0.1) is 0 Å². The van der Waals surface area contributed by atoms with E-state index in [9.17, 15) is 4.79 Å². The second-order valence-electron chi connectivity index (χ2n) is 7.35. The molecule has 1 fully saturated rings. The number of aromatic nitrogens is 2. The number of amides is 1. The number of nitrogens with zero attached hydrogens (tertiary/aromatic N) is 3. The lowest BCUT2D eigenvalue weighted by Gasteiger charge is -2.31. The monoisotopic (exact) mass is 450 g/mol. The third kappa shape index (κ3) is 4.65. The largest absolute Gasteiger partial charge is 0.341 e. The Morgan fingerprint density at radius 1 is 1.03 bits per heavy atom. The Labute approximate surface area is 179 Å². The summed E-state index contributed by atoms with van der Waals surface area (Å²) < 4.78 is 1.04. The van der Waals surface area contributed by atoms with Crippen molar-refractivity contribution in [2.75, 3.05) is 23.3 Å². The lowest BCUT2D eigenvalue weighted by molar-refractivity contribution is -0.120. The van der Waals surface area contributed by atoms with Gasteiger partial charge in [0.25, 0.3) is 0 Å². The first kappa shape index (κ1) is 19.6. The fraction of sp³-hybridized carbons (Fsp3) is 0.261. The molecule has 0 aliphatic carbocycles. The quantitative estimate of drug-likeness (QED) is 0.602. The highest BCUT2D eigenvalue weighted by Gasteiger charge is 2.26. The van der Waals surface area contributed by atoms with Gasteiger partial charge < -0.3 is 10.2 Å². The molecule has 3 aromatic rings. The van der Waals surface area contributed by atoms with Gasteiger partial charge in [-0.1, -0.05) is 46.3 Å². The van der Waals surface area contributed by atoms with Crippen molar-refractivity contribution in [2.45, 2.75) is 19.8 Å². The van der Waals surface area contributed by atoms with Crippen LogP contribution in [0.25, 0.3) is 11.1 Å². The maximum Gasteiger partial charge on any atom is 0.227 e. The van der Waals surface area contributed by atoms with E-state index in [2.05, 4.69) is 48.2 Å². The predicted molar refractivity (Wildman–Crippen MR) is 120 cm³/mol. The second kappa shape index (κ2) is 8.74. The first-order valence-electron chi connectivity index (χ1n) is 9.79. The molecule has 1 N–H and O–H groups in total. The molecule has 0 unspecified atom stereocenters. The van der Waals surface area contributed by atoms with E-state index in [0.717, 1.165) is 58.7 Å². The number of carbonyl (C=O) groups is 1. The molecule has 4 rings (SSSR count). The van der Waals surface area contributed by atoms with Crippen LogP contribution in [-0.2, 0) is 4.79 Å². The van der Waals surface area contributed by atoms with Crippen LogP contribution in [-0.4, -0.2) is 29.0 Å². The summed E-state index contributed by atoms with van der Waals surface area (Å²) in [5.74, 6) is 0.831. The molecular formula is C23H23BrN4O. The van der Waals surface area contributed by atoms with Crippen molar-refractivity contribution in [3.8, 4) is 11.1 Å². The third-order valence-corrected chi connectivity index (χ3v) is 6.21. The molecule has 5 nitrogen and oxygen atoms in total. The van der Waals surface area contributed by atoms with E-state index in [1.165, 1.54) is 0 Å². The van der Waals surface area contributed by atoms with Gasteiger partial charge in [0.15, 0.2) is 0 Å². The molecule has 29 heavy (non-hydrogen) atoms. The van der Waals surface area contributed by atoms with Crippen LogP contribution in [0, 0.1) is 12.8 Å². The van der Waals surface area contributed by atoms with Gasteiger partial charge in [-0.25, -0.2) is 9.97 Å². The smallest absolute Gasteiger partial charge is 0.227 e. The third-order valence-electron chi connectivity index (χ3n) is 5.32. The zero-order chi connectivity index (χ0) is 20.2. The average molecular weight is 451 g/mol. The summed E-state index contributed by atoms with van der Waals surface area (Å²) in [6.45, 7) is 3.57. The average Bonchev–Trinajstić information content (AvgIpc) is 2.77. The molecule has 1 amide bonds. The van der Waals surface area contributed by atoms with E-state index in [1.54, 1.807) is 0 Å². The molecule has 0 saturated carbocycles. The fourth-order valence-corrected chi connectivity index (χ4v) is 3.82. The van der Waals surface area contributed by atoms with Gasteiger partial charge in [0.1, 0.15) is 0 Å². The number of nitrogens with one attached hydrogen (secondary N) is 1. The summed E-state index contributed by atoms with van der Waals surface area (Å²) >= 11 is 3.49. The van der Waals surface area contributed by atoms with Gasteiger partial charge in [-0.3, -0.25) is 4.79 Å². The minimum Gasteiger partial charge on any atom is -0.341 e. The highest BCUT2D eigenvalue weighted by molar-refractivity contribution is 9.10. The molecule has 1 aliphatic rings. The van der Waals surface area contributed by atoms with E-state index in [-0.39, 0.29) is 11.8 Å². The summed E-state index contributed by atoms with van der Waals surface area (Å²) in [4.78, 5) is 23.9. The zero-order valence-electron chi connectivity index (χ0n) is 16.3. The molecule has 148 valence electrons. The first-order valence-corrected chi connectivity index (χ1v) is 10.6. The van der Waals surface area contributed by atoms with Crippen molar-refractivity contribution in [1.82, 2.24) is 9.97 Å². The van der Waals surface area contributed by atoms with Crippen LogP contribution < -0.4 is 10.2 Å². The number of benzene rings is 2. The number of hydrogen-bond acceptors (Lipinski definition) is 4. The fourth-order valence-electron chi connectivity index (χ4n) is 3.57. The van der Waals surface area contributed by atoms with Crippen LogP contribution in [0.1, 0.15) is 18.4 Å². The molecular weight excluding hydrogens is 428 g/mol. The zero-order valence-corrected chi connectivity index (χ0v) is 17.9. The Bertz CT molecular complexity index is 984. The highest BCUT2D eigenvalue weighted by Crippen LogP contribution is 2.25. The predicted octanol–water partition coefficient (Wildman–Crippen LogP) is 5.07. The molecule has 1 aliphatic heterocycles. The van der Waals surface area contributed by atoms with Crippen molar-refractivity contribution in [2.24, 2.45) is 5.92 Å². The molecule has 1 aromatic heterocycles. The first-order chi connectivity index (χ1) is 14.1. The minimum absolute atomic E-state index is 0.0128. The van der Waals surface area contributed by atoms with Crippen LogP contribution in [0.4, 0.5) is 11.6 Å². The minimum atomic E-state index is 0.0128. The maximum atomic E-state index is 12.6. The Kier molecular flexibility index (Phi) is 5.90. The van der Waals surface area contributed by atoms with Crippen LogP contribution in [0.5, 0.6) is 0 Å². The Morgan fingerprint density at radius 2 is 1.72 bits per heavy atom. The molecule has 1 saturated heterocycles. The Hall–Kier alpha value is -2.73. The number of aryl methyl sites for hydroxylation is 1. The van der Waals surface area contributed by atoms with Crippen LogP contribution >= 0.6 is 15.9 Å². The molecule has 0 atom stereocenters. The van der Waals surface area contributed by atoms with Crippen molar-refractivity contribution in [3.05, 3.63) is 71.0 Å². The van der Waals surface area contributed by atoms with Gasteiger partial charge >= 0.3 is 0 Å². The maximum absolute atomic E-state index is 12.6. The lowest BCUT2D eigenvalue weighted by Crippen LogP contribution is -2.39. The molecule has 2 aromatic carbocycles. The SMILES string of the molecule is Cc1cc(NC(=O)C2CCN(c3ncc(-c4ccccc4)cn3)CC2)ccc1Br. The molecule has 0 radical (unpaired) electrons. The number of carbonyl (C=O) groups excluding carboxylic acids is 1. The summed E-state index contributed by atoms with van der Waals surface area (Å²) in [7, 11) is 0. The van der Waals surface area contributed by atoms with Crippen LogP contribution in [0.2, 0.25) is 0 Å². The van der Waals surface area contributed by atoms with E-state index < -0.39 is 0 Å². The van der Waals surface area contributed by atoms with E-state index >= 15 is 0 Å².